The summed E-state index contributed by atoms with van der Waals surface area (Å²) in [7, 11) is 1.59. The minimum absolute atomic E-state index is 0.128. The quantitative estimate of drug-likeness (QED) is 0.381. The number of nitrogens with one attached hydrogen (secondary N) is 1. The molecular formula is C24H27ClN6O2. The summed E-state index contributed by atoms with van der Waals surface area (Å²) < 4.78 is 5.56. The highest BCUT2D eigenvalue weighted by atomic mass is 35.5. The molecule has 0 aliphatic heterocycles. The molecule has 8 nitrogen and oxygen atoms in total. The van der Waals surface area contributed by atoms with Crippen LogP contribution in [0.5, 0.6) is 5.88 Å². The summed E-state index contributed by atoms with van der Waals surface area (Å²) in [5.41, 5.74) is 5.45. The number of aryl methyl sites for hydroxylation is 1. The maximum atomic E-state index is 9.13. The zero-order valence-corrected chi connectivity index (χ0v) is 19.7. The molecular weight excluding hydrogens is 440 g/mol. The maximum absolute atomic E-state index is 9.13. The van der Waals surface area contributed by atoms with Crippen LogP contribution in [-0.2, 0) is 6.42 Å². The number of H-pyrrole nitrogens is 1. The number of methoxy groups -OCH3 is 1. The molecule has 4 aromatic rings. The molecule has 33 heavy (non-hydrogen) atoms. The Morgan fingerprint density at radius 1 is 1.15 bits per heavy atom. The van der Waals surface area contributed by atoms with Crippen molar-refractivity contribution in [2.24, 2.45) is 0 Å². The molecule has 0 atom stereocenters. The van der Waals surface area contributed by atoms with Crippen molar-refractivity contribution in [2.75, 3.05) is 31.7 Å². The highest BCUT2D eigenvalue weighted by Crippen LogP contribution is 2.30. The number of rotatable bonds is 9. The predicted molar refractivity (Wildman–Crippen MR) is 130 cm³/mol. The van der Waals surface area contributed by atoms with Crippen molar-refractivity contribution in [3.05, 3.63) is 58.6 Å². The fourth-order valence-corrected chi connectivity index (χ4v) is 3.97. The van der Waals surface area contributed by atoms with Gasteiger partial charge in [-0.15, -0.1) is 0 Å². The van der Waals surface area contributed by atoms with E-state index in [0.717, 1.165) is 45.7 Å². The van der Waals surface area contributed by atoms with E-state index in [1.165, 1.54) is 0 Å². The van der Waals surface area contributed by atoms with Crippen molar-refractivity contribution in [3.8, 4) is 17.1 Å². The lowest BCUT2D eigenvalue weighted by molar-refractivity contribution is 0.289. The molecule has 0 spiro atoms. The van der Waals surface area contributed by atoms with E-state index in [1.807, 2.05) is 37.1 Å². The summed E-state index contributed by atoms with van der Waals surface area (Å²) in [6, 6.07) is 5.96. The molecule has 0 fully saturated rings. The van der Waals surface area contributed by atoms with Crippen LogP contribution >= 0.6 is 11.6 Å². The number of nitrogens with zero attached hydrogens (tertiary/aromatic N) is 5. The molecule has 0 unspecified atom stereocenters. The number of anilines is 1. The van der Waals surface area contributed by atoms with Gasteiger partial charge in [-0.05, 0) is 43.5 Å². The van der Waals surface area contributed by atoms with Crippen LogP contribution in [0.15, 0.2) is 36.8 Å². The molecule has 2 N–H and O–H groups in total. The Morgan fingerprint density at radius 3 is 2.73 bits per heavy atom. The van der Waals surface area contributed by atoms with Crippen LogP contribution in [-0.4, -0.2) is 56.8 Å². The van der Waals surface area contributed by atoms with Crippen molar-refractivity contribution in [3.63, 3.8) is 0 Å². The number of hydrogen-bond donors (Lipinski definition) is 2. The van der Waals surface area contributed by atoms with Crippen LogP contribution in [0.3, 0.4) is 0 Å². The summed E-state index contributed by atoms with van der Waals surface area (Å²) >= 11 is 6.14. The summed E-state index contributed by atoms with van der Waals surface area (Å²) in [4.78, 5) is 23.5. The molecule has 9 heteroatoms. The number of aromatic nitrogens is 5. The van der Waals surface area contributed by atoms with E-state index < -0.39 is 0 Å². The van der Waals surface area contributed by atoms with Crippen molar-refractivity contribution >= 4 is 28.6 Å². The zero-order chi connectivity index (χ0) is 23.4. The molecule has 0 saturated heterocycles. The van der Waals surface area contributed by atoms with Crippen molar-refractivity contribution in [1.29, 1.82) is 0 Å². The number of aromatic amines is 1. The second-order valence-corrected chi connectivity index (χ2v) is 8.17. The summed E-state index contributed by atoms with van der Waals surface area (Å²) in [6.45, 7) is 5.57. The zero-order valence-electron chi connectivity index (χ0n) is 19.0. The number of pyridine rings is 2. The Bertz CT molecular complexity index is 1260. The fourth-order valence-electron chi connectivity index (χ4n) is 3.81. The number of hydrogen-bond acceptors (Lipinski definition) is 7. The molecule has 4 aromatic heterocycles. The number of ether oxygens (including phenoxy) is 1. The summed E-state index contributed by atoms with van der Waals surface area (Å²) in [5.74, 6) is 1.05. The lowest BCUT2D eigenvalue weighted by Gasteiger charge is -2.21. The van der Waals surface area contributed by atoms with Crippen molar-refractivity contribution in [2.45, 2.75) is 26.7 Å². The van der Waals surface area contributed by atoms with Crippen molar-refractivity contribution in [1.82, 2.24) is 24.9 Å². The van der Waals surface area contributed by atoms with E-state index >= 15 is 0 Å². The molecule has 0 aliphatic carbocycles. The topological polar surface area (TPSA) is 100 Å². The van der Waals surface area contributed by atoms with E-state index in [-0.39, 0.29) is 6.61 Å². The fraction of sp³-hybridized carbons (Fsp3) is 0.333. The van der Waals surface area contributed by atoms with Gasteiger partial charge in [-0.1, -0.05) is 17.7 Å². The van der Waals surface area contributed by atoms with Gasteiger partial charge in [0.25, 0.3) is 0 Å². The van der Waals surface area contributed by atoms with Gasteiger partial charge in [0.2, 0.25) is 11.8 Å². The van der Waals surface area contributed by atoms with Gasteiger partial charge in [-0.25, -0.2) is 9.97 Å². The highest BCUT2D eigenvalue weighted by molar-refractivity contribution is 6.31. The Labute approximate surface area is 197 Å². The molecule has 0 aliphatic rings. The predicted octanol–water partition coefficient (Wildman–Crippen LogP) is 4.18. The second-order valence-electron chi connectivity index (χ2n) is 7.73. The monoisotopic (exact) mass is 466 g/mol. The lowest BCUT2D eigenvalue weighted by Crippen LogP contribution is -2.26. The normalized spacial score (nSPS) is 11.2. The Hall–Kier alpha value is -3.23. The molecule has 172 valence electrons. The molecule has 4 rings (SSSR count). The molecule has 0 saturated carbocycles. The van der Waals surface area contributed by atoms with Gasteiger partial charge in [0, 0.05) is 55.8 Å². The van der Waals surface area contributed by atoms with Crippen LogP contribution in [0.1, 0.15) is 30.2 Å². The third kappa shape index (κ3) is 4.91. The highest BCUT2D eigenvalue weighted by Gasteiger charge is 2.16. The first-order valence-corrected chi connectivity index (χ1v) is 11.3. The second kappa shape index (κ2) is 10.1. The van der Waals surface area contributed by atoms with E-state index in [2.05, 4.69) is 26.0 Å². The summed E-state index contributed by atoms with van der Waals surface area (Å²) in [5, 5.41) is 10.8. The van der Waals surface area contributed by atoms with Crippen LogP contribution in [0.2, 0.25) is 5.02 Å². The number of halogens is 1. The molecule has 4 heterocycles. The average Bonchev–Trinajstić information content (AvgIpc) is 3.22. The SMILES string of the molecule is CCN(CCCO)c1ncc(-c2ccc(Cc3c[nH]c4ncc(Cl)cc34)c(C)n2)c(OC)n1. The largest absolute Gasteiger partial charge is 0.480 e. The number of fused-ring (bicyclic) bond motifs is 1. The van der Waals surface area contributed by atoms with Crippen LogP contribution in [0.25, 0.3) is 22.3 Å². The first kappa shape index (κ1) is 22.9. The number of aliphatic hydroxyl groups excluding tert-OH is 1. The van der Waals surface area contributed by atoms with Gasteiger partial charge in [-0.2, -0.15) is 4.98 Å². The third-order valence-electron chi connectivity index (χ3n) is 5.62. The van der Waals surface area contributed by atoms with Gasteiger partial charge in [-0.3, -0.25) is 4.98 Å². The molecule has 0 bridgehead atoms. The average molecular weight is 467 g/mol. The van der Waals surface area contributed by atoms with E-state index in [9.17, 15) is 0 Å². The van der Waals surface area contributed by atoms with Gasteiger partial charge in [0.1, 0.15) is 5.65 Å². The van der Waals surface area contributed by atoms with E-state index in [0.29, 0.717) is 36.2 Å². The van der Waals surface area contributed by atoms with Gasteiger partial charge in [0.05, 0.1) is 23.4 Å². The third-order valence-corrected chi connectivity index (χ3v) is 5.83. The smallest absolute Gasteiger partial charge is 0.228 e. The summed E-state index contributed by atoms with van der Waals surface area (Å²) in [6.07, 6.45) is 6.72. The van der Waals surface area contributed by atoms with E-state index in [1.54, 1.807) is 19.5 Å². The van der Waals surface area contributed by atoms with Crippen LogP contribution in [0.4, 0.5) is 5.95 Å². The first-order valence-electron chi connectivity index (χ1n) is 10.9. The molecule has 0 radical (unpaired) electrons. The standard InChI is InChI=1S/C24H27ClN6O2/c1-4-31(8-5-9-32)24-28-14-20(23(30-24)33-3)21-7-6-16(15(2)29-21)10-17-12-26-22-19(17)11-18(25)13-27-22/h6-7,11-14,32H,4-5,8-10H2,1-3H3,(H,26,27). The van der Waals surface area contributed by atoms with Gasteiger partial charge in [0.15, 0.2) is 0 Å². The Balaban J connectivity index is 1.61. The maximum Gasteiger partial charge on any atom is 0.228 e. The lowest BCUT2D eigenvalue weighted by atomic mass is 10.0. The van der Waals surface area contributed by atoms with E-state index in [4.69, 9.17) is 26.4 Å². The Morgan fingerprint density at radius 2 is 2.00 bits per heavy atom. The molecule has 0 aromatic carbocycles. The van der Waals surface area contributed by atoms with Crippen molar-refractivity contribution < 1.29 is 9.84 Å². The first-order chi connectivity index (χ1) is 16.0. The van der Waals surface area contributed by atoms with Gasteiger partial charge >= 0.3 is 0 Å². The van der Waals surface area contributed by atoms with Crippen LogP contribution < -0.4 is 9.64 Å². The van der Waals surface area contributed by atoms with Crippen LogP contribution in [0, 0.1) is 6.92 Å². The minimum Gasteiger partial charge on any atom is -0.480 e. The number of aliphatic hydroxyl groups is 1. The Kier molecular flexibility index (Phi) is 7.05. The van der Waals surface area contributed by atoms with Gasteiger partial charge < -0.3 is 19.7 Å². The minimum atomic E-state index is 0.128. The molecule has 0 amide bonds.